The molecule has 5 nitrogen and oxygen atoms in total. The Bertz CT molecular complexity index is 860. The minimum absolute atomic E-state index is 0.193. The molecule has 144 valence electrons. The van der Waals surface area contributed by atoms with Gasteiger partial charge in [-0.25, -0.2) is 9.07 Å². The number of rotatable bonds is 3. The molecule has 1 aromatic heterocycles. The van der Waals surface area contributed by atoms with Crippen LogP contribution in [0.25, 0.3) is 5.69 Å². The molecule has 3 heterocycles. The van der Waals surface area contributed by atoms with Crippen molar-refractivity contribution in [3.63, 3.8) is 0 Å². The summed E-state index contributed by atoms with van der Waals surface area (Å²) in [7, 11) is 1.92. The molecule has 0 aliphatic carbocycles. The second kappa shape index (κ2) is 6.75. The highest BCUT2D eigenvalue weighted by atomic mass is 19.1. The molecule has 0 N–H and O–H groups in total. The maximum Gasteiger partial charge on any atom is 0.229 e. The van der Waals surface area contributed by atoms with E-state index < -0.39 is 0 Å². The first-order valence-corrected chi connectivity index (χ1v) is 9.69. The Morgan fingerprint density at radius 1 is 1.15 bits per heavy atom. The van der Waals surface area contributed by atoms with Crippen LogP contribution in [0.3, 0.4) is 0 Å². The van der Waals surface area contributed by atoms with Crippen molar-refractivity contribution in [2.24, 2.45) is 5.41 Å². The standard InChI is InChI=1S/C21H27FN4O/c1-15-19(16(2)26(23-15)18-7-5-17(22)6-8-18)13-25-12-10-21(14-25)9-4-11-24(3)20(21)27/h5-8H,4,9-14H2,1-3H3. The van der Waals surface area contributed by atoms with Crippen molar-refractivity contribution in [2.75, 3.05) is 26.7 Å². The van der Waals surface area contributed by atoms with E-state index in [1.165, 1.54) is 17.7 Å². The molecule has 4 rings (SSSR count). The largest absolute Gasteiger partial charge is 0.345 e. The lowest BCUT2D eigenvalue weighted by Crippen LogP contribution is -2.48. The number of hydrogen-bond donors (Lipinski definition) is 0. The van der Waals surface area contributed by atoms with Gasteiger partial charge < -0.3 is 4.90 Å². The number of carbonyl (C=O) groups is 1. The van der Waals surface area contributed by atoms with Crippen LogP contribution in [-0.4, -0.2) is 52.2 Å². The molecule has 2 saturated heterocycles. The van der Waals surface area contributed by atoms with Crippen molar-refractivity contribution in [1.29, 1.82) is 0 Å². The SMILES string of the molecule is Cc1nn(-c2ccc(F)cc2)c(C)c1CN1CCC2(CCCN(C)C2=O)C1. The maximum atomic E-state index is 13.2. The molecule has 0 radical (unpaired) electrons. The van der Waals surface area contributed by atoms with Gasteiger partial charge in [0.05, 0.1) is 16.8 Å². The van der Waals surface area contributed by atoms with E-state index in [1.807, 2.05) is 23.6 Å². The highest BCUT2D eigenvalue weighted by molar-refractivity contribution is 5.83. The average molecular weight is 370 g/mol. The Labute approximate surface area is 159 Å². The Morgan fingerprint density at radius 2 is 1.89 bits per heavy atom. The van der Waals surface area contributed by atoms with Gasteiger partial charge in [0.1, 0.15) is 5.82 Å². The van der Waals surface area contributed by atoms with Crippen LogP contribution in [0.15, 0.2) is 24.3 Å². The van der Waals surface area contributed by atoms with Crippen LogP contribution in [0.4, 0.5) is 4.39 Å². The zero-order valence-electron chi connectivity index (χ0n) is 16.3. The van der Waals surface area contributed by atoms with E-state index in [2.05, 4.69) is 16.9 Å². The van der Waals surface area contributed by atoms with Crippen LogP contribution in [0.2, 0.25) is 0 Å². The molecule has 2 aromatic rings. The Morgan fingerprint density at radius 3 is 2.63 bits per heavy atom. The summed E-state index contributed by atoms with van der Waals surface area (Å²) in [4.78, 5) is 17.0. The van der Waals surface area contributed by atoms with Gasteiger partial charge in [-0.05, 0) is 63.9 Å². The number of nitrogens with zero attached hydrogens (tertiary/aromatic N) is 4. The zero-order valence-corrected chi connectivity index (χ0v) is 16.3. The molecule has 0 saturated carbocycles. The summed E-state index contributed by atoms with van der Waals surface area (Å²) in [6.45, 7) is 7.54. The van der Waals surface area contributed by atoms with E-state index in [9.17, 15) is 9.18 Å². The van der Waals surface area contributed by atoms with Gasteiger partial charge in [0, 0.05) is 37.9 Å². The molecule has 1 atom stereocenters. The normalized spacial score (nSPS) is 23.6. The Balaban J connectivity index is 1.54. The zero-order chi connectivity index (χ0) is 19.2. The number of hydrogen-bond acceptors (Lipinski definition) is 3. The molecular formula is C21H27FN4O. The fourth-order valence-electron chi connectivity index (χ4n) is 4.70. The predicted molar refractivity (Wildman–Crippen MR) is 102 cm³/mol. The van der Waals surface area contributed by atoms with Crippen molar-refractivity contribution in [1.82, 2.24) is 19.6 Å². The lowest BCUT2D eigenvalue weighted by molar-refractivity contribution is -0.143. The molecule has 1 unspecified atom stereocenters. The summed E-state index contributed by atoms with van der Waals surface area (Å²) < 4.78 is 15.1. The molecule has 6 heteroatoms. The summed E-state index contributed by atoms with van der Waals surface area (Å²) in [6.07, 6.45) is 3.04. The van der Waals surface area contributed by atoms with Gasteiger partial charge in [0.25, 0.3) is 0 Å². The monoisotopic (exact) mass is 370 g/mol. The predicted octanol–water partition coefficient (Wildman–Crippen LogP) is 3.07. The van der Waals surface area contributed by atoms with Crippen LogP contribution in [0.5, 0.6) is 0 Å². The highest BCUT2D eigenvalue weighted by Gasteiger charge is 2.47. The smallest absolute Gasteiger partial charge is 0.229 e. The van der Waals surface area contributed by atoms with E-state index in [0.29, 0.717) is 5.91 Å². The second-order valence-electron chi connectivity index (χ2n) is 8.11. The summed E-state index contributed by atoms with van der Waals surface area (Å²) in [5, 5.41) is 4.68. The number of amides is 1. The minimum Gasteiger partial charge on any atom is -0.345 e. The first-order chi connectivity index (χ1) is 12.9. The number of carbonyl (C=O) groups excluding carboxylic acids is 1. The Hall–Kier alpha value is -2.21. The van der Waals surface area contributed by atoms with Crippen LogP contribution < -0.4 is 0 Å². The Kier molecular flexibility index (Phi) is 4.54. The fourth-order valence-corrected chi connectivity index (χ4v) is 4.70. The van der Waals surface area contributed by atoms with Gasteiger partial charge >= 0.3 is 0 Å². The number of aryl methyl sites for hydroxylation is 1. The van der Waals surface area contributed by atoms with Crippen LogP contribution >= 0.6 is 0 Å². The van der Waals surface area contributed by atoms with Crippen molar-refractivity contribution in [2.45, 2.75) is 39.7 Å². The first kappa shape index (κ1) is 18.2. The third-order valence-electron chi connectivity index (χ3n) is 6.28. The van der Waals surface area contributed by atoms with Gasteiger partial charge in [-0.1, -0.05) is 0 Å². The van der Waals surface area contributed by atoms with Gasteiger partial charge in [-0.3, -0.25) is 9.69 Å². The summed E-state index contributed by atoms with van der Waals surface area (Å²) in [6, 6.07) is 6.42. The van der Waals surface area contributed by atoms with Gasteiger partial charge in [-0.15, -0.1) is 0 Å². The van der Waals surface area contributed by atoms with Gasteiger partial charge in [0.15, 0.2) is 0 Å². The van der Waals surface area contributed by atoms with Crippen LogP contribution in [0, 0.1) is 25.1 Å². The van der Waals surface area contributed by atoms with Crippen molar-refractivity contribution in [3.05, 3.63) is 47.0 Å². The minimum atomic E-state index is -0.245. The van der Waals surface area contributed by atoms with E-state index in [0.717, 1.165) is 62.5 Å². The summed E-state index contributed by atoms with van der Waals surface area (Å²) in [5.74, 6) is 0.0664. The molecule has 0 bridgehead atoms. The van der Waals surface area contributed by atoms with Crippen LogP contribution in [0.1, 0.15) is 36.2 Å². The third kappa shape index (κ3) is 3.16. The molecule has 2 fully saturated rings. The maximum absolute atomic E-state index is 13.2. The topological polar surface area (TPSA) is 41.4 Å². The molecule has 2 aliphatic heterocycles. The van der Waals surface area contributed by atoms with E-state index in [1.54, 1.807) is 12.1 Å². The fraction of sp³-hybridized carbons (Fsp3) is 0.524. The quantitative estimate of drug-likeness (QED) is 0.834. The molecule has 27 heavy (non-hydrogen) atoms. The molecule has 1 spiro atoms. The van der Waals surface area contributed by atoms with Gasteiger partial charge in [0.2, 0.25) is 5.91 Å². The van der Waals surface area contributed by atoms with Crippen molar-refractivity contribution >= 4 is 5.91 Å². The van der Waals surface area contributed by atoms with Crippen molar-refractivity contribution in [3.8, 4) is 5.69 Å². The number of halogens is 1. The molecule has 1 aromatic carbocycles. The first-order valence-electron chi connectivity index (χ1n) is 9.69. The third-order valence-corrected chi connectivity index (χ3v) is 6.28. The number of aromatic nitrogens is 2. The van der Waals surface area contributed by atoms with Crippen molar-refractivity contribution < 1.29 is 9.18 Å². The molecule has 1 amide bonds. The van der Waals surface area contributed by atoms with E-state index in [4.69, 9.17) is 0 Å². The van der Waals surface area contributed by atoms with E-state index >= 15 is 0 Å². The highest BCUT2D eigenvalue weighted by Crippen LogP contribution is 2.40. The lowest BCUT2D eigenvalue weighted by Gasteiger charge is -2.37. The molecular weight excluding hydrogens is 343 g/mol. The number of likely N-dealkylation sites (tertiary alicyclic amines) is 2. The van der Waals surface area contributed by atoms with Crippen LogP contribution in [-0.2, 0) is 11.3 Å². The number of benzene rings is 1. The summed E-state index contributed by atoms with van der Waals surface area (Å²) >= 11 is 0. The van der Waals surface area contributed by atoms with E-state index in [-0.39, 0.29) is 11.2 Å². The second-order valence-corrected chi connectivity index (χ2v) is 8.11. The van der Waals surface area contributed by atoms with Gasteiger partial charge in [-0.2, -0.15) is 5.10 Å². The average Bonchev–Trinajstić information content (AvgIpc) is 3.17. The number of piperidine rings is 1. The summed E-state index contributed by atoms with van der Waals surface area (Å²) in [5.41, 5.74) is 3.94. The molecule has 2 aliphatic rings. The lowest BCUT2D eigenvalue weighted by atomic mass is 9.78.